The molecular weight excluding hydrogens is 294 g/mol. The molecule has 0 amide bonds. The van der Waals surface area contributed by atoms with E-state index in [1.54, 1.807) is 19.1 Å². The fourth-order valence-corrected chi connectivity index (χ4v) is 2.48. The van der Waals surface area contributed by atoms with Gasteiger partial charge in [-0.1, -0.05) is 0 Å². The molecule has 1 saturated heterocycles. The van der Waals surface area contributed by atoms with Crippen LogP contribution in [0.2, 0.25) is 0 Å². The first-order chi connectivity index (χ1) is 9.66. The summed E-state index contributed by atoms with van der Waals surface area (Å²) in [7, 11) is 0. The Balaban J connectivity index is 0.00000161. The second kappa shape index (κ2) is 6.47. The number of phenols is 1. The number of phenolic OH excluding ortho intramolecular Hbond substituents is 1. The van der Waals surface area contributed by atoms with Gasteiger partial charge in [-0.25, -0.2) is 0 Å². The molecular formula is C15H18ClNO4. The zero-order valence-electron chi connectivity index (χ0n) is 11.8. The molecule has 0 bridgehead atoms. The van der Waals surface area contributed by atoms with E-state index >= 15 is 0 Å². The second-order valence-corrected chi connectivity index (χ2v) is 5.08. The summed E-state index contributed by atoms with van der Waals surface area (Å²) in [6, 6.07) is 3.18. The topological polar surface area (TPSA) is 62.9 Å². The van der Waals surface area contributed by atoms with Gasteiger partial charge in [-0.15, -0.1) is 12.4 Å². The third-order valence-corrected chi connectivity index (χ3v) is 3.68. The van der Waals surface area contributed by atoms with Crippen molar-refractivity contribution in [2.24, 2.45) is 0 Å². The molecule has 0 radical (unpaired) electrons. The van der Waals surface area contributed by atoms with Gasteiger partial charge < -0.3 is 14.3 Å². The first-order valence-corrected chi connectivity index (χ1v) is 6.70. The molecule has 2 aromatic rings. The van der Waals surface area contributed by atoms with Crippen LogP contribution in [0.1, 0.15) is 11.1 Å². The standard InChI is InChI=1S/C15H17NO4.ClH/c1-10-9-20-15-11(14(10)18)2-3-13(17)12(15)8-16-4-6-19-7-5-16;/h2-3,9,17H,4-8H2,1H3;1H. The number of benzene rings is 1. The maximum absolute atomic E-state index is 12.1. The number of hydrogen-bond donors (Lipinski definition) is 1. The lowest BCUT2D eigenvalue weighted by Gasteiger charge is -2.26. The predicted octanol–water partition coefficient (Wildman–Crippen LogP) is 2.06. The van der Waals surface area contributed by atoms with Gasteiger partial charge in [0.1, 0.15) is 11.3 Å². The van der Waals surface area contributed by atoms with Crippen LogP contribution in [0.25, 0.3) is 11.0 Å². The van der Waals surface area contributed by atoms with Crippen LogP contribution in [0.5, 0.6) is 5.75 Å². The average Bonchev–Trinajstić information content (AvgIpc) is 2.47. The minimum atomic E-state index is -0.0468. The van der Waals surface area contributed by atoms with Gasteiger partial charge in [0, 0.05) is 25.2 Å². The monoisotopic (exact) mass is 311 g/mol. The van der Waals surface area contributed by atoms with Crippen LogP contribution in [-0.2, 0) is 11.3 Å². The van der Waals surface area contributed by atoms with Crippen LogP contribution >= 0.6 is 12.4 Å². The Morgan fingerprint density at radius 3 is 2.71 bits per heavy atom. The SMILES string of the molecule is Cc1coc2c(CN3CCOCC3)c(O)ccc2c1=O.Cl. The van der Waals surface area contributed by atoms with Gasteiger partial charge in [-0.2, -0.15) is 0 Å². The molecule has 0 spiro atoms. The van der Waals surface area contributed by atoms with Gasteiger partial charge in [0.05, 0.1) is 30.4 Å². The molecule has 1 aromatic carbocycles. The fraction of sp³-hybridized carbons (Fsp3) is 0.400. The van der Waals surface area contributed by atoms with E-state index in [9.17, 15) is 9.90 Å². The lowest BCUT2D eigenvalue weighted by molar-refractivity contribution is 0.0339. The lowest BCUT2D eigenvalue weighted by Crippen LogP contribution is -2.35. The average molecular weight is 312 g/mol. The third kappa shape index (κ3) is 3.05. The largest absolute Gasteiger partial charge is 0.507 e. The molecule has 0 saturated carbocycles. The van der Waals surface area contributed by atoms with Crippen molar-refractivity contribution in [1.82, 2.24) is 4.90 Å². The molecule has 1 aromatic heterocycles. The summed E-state index contributed by atoms with van der Waals surface area (Å²) < 4.78 is 10.9. The zero-order valence-corrected chi connectivity index (χ0v) is 12.6. The normalized spacial score (nSPS) is 15.9. The molecule has 3 rings (SSSR count). The van der Waals surface area contributed by atoms with Crippen molar-refractivity contribution in [2.75, 3.05) is 26.3 Å². The van der Waals surface area contributed by atoms with Crippen molar-refractivity contribution >= 4 is 23.4 Å². The van der Waals surface area contributed by atoms with Crippen molar-refractivity contribution in [3.05, 3.63) is 39.7 Å². The van der Waals surface area contributed by atoms with E-state index < -0.39 is 0 Å². The van der Waals surface area contributed by atoms with E-state index in [0.29, 0.717) is 41.9 Å². The Morgan fingerprint density at radius 1 is 1.29 bits per heavy atom. The Labute approximate surface area is 128 Å². The number of ether oxygens (including phenoxy) is 1. The molecule has 114 valence electrons. The van der Waals surface area contributed by atoms with E-state index in [4.69, 9.17) is 9.15 Å². The second-order valence-electron chi connectivity index (χ2n) is 5.08. The molecule has 2 heterocycles. The van der Waals surface area contributed by atoms with E-state index in [0.717, 1.165) is 13.1 Å². The predicted molar refractivity (Wildman–Crippen MR) is 82.2 cm³/mol. The van der Waals surface area contributed by atoms with Crippen LogP contribution in [0.3, 0.4) is 0 Å². The van der Waals surface area contributed by atoms with E-state index in [1.807, 2.05) is 0 Å². The molecule has 21 heavy (non-hydrogen) atoms. The third-order valence-electron chi connectivity index (χ3n) is 3.68. The number of halogens is 1. The molecule has 0 unspecified atom stereocenters. The van der Waals surface area contributed by atoms with Crippen molar-refractivity contribution < 1.29 is 14.3 Å². The van der Waals surface area contributed by atoms with Gasteiger partial charge in [-0.05, 0) is 19.1 Å². The van der Waals surface area contributed by atoms with Crippen LogP contribution in [-0.4, -0.2) is 36.3 Å². The number of fused-ring (bicyclic) bond motifs is 1. The quantitative estimate of drug-likeness (QED) is 0.920. The summed E-state index contributed by atoms with van der Waals surface area (Å²) in [5.74, 6) is 0.163. The van der Waals surface area contributed by atoms with Crippen LogP contribution in [0.4, 0.5) is 0 Å². The first kappa shape index (κ1) is 15.8. The van der Waals surface area contributed by atoms with Crippen LogP contribution in [0, 0.1) is 6.92 Å². The maximum atomic E-state index is 12.1. The van der Waals surface area contributed by atoms with Crippen molar-refractivity contribution in [3.63, 3.8) is 0 Å². The Bertz CT molecular complexity index is 692. The molecule has 0 atom stereocenters. The summed E-state index contributed by atoms with van der Waals surface area (Å²) in [5.41, 5.74) is 1.67. The van der Waals surface area contributed by atoms with E-state index in [1.165, 1.54) is 6.26 Å². The molecule has 1 N–H and O–H groups in total. The number of rotatable bonds is 2. The zero-order chi connectivity index (χ0) is 14.1. The van der Waals surface area contributed by atoms with Crippen LogP contribution in [0.15, 0.2) is 27.6 Å². The van der Waals surface area contributed by atoms with Crippen molar-refractivity contribution in [2.45, 2.75) is 13.5 Å². The number of nitrogens with zero attached hydrogens (tertiary/aromatic N) is 1. The molecule has 1 aliphatic rings. The number of hydrogen-bond acceptors (Lipinski definition) is 5. The summed E-state index contributed by atoms with van der Waals surface area (Å²) in [4.78, 5) is 14.3. The summed E-state index contributed by atoms with van der Waals surface area (Å²) in [6.07, 6.45) is 1.45. The van der Waals surface area contributed by atoms with Gasteiger partial charge in [-0.3, -0.25) is 9.69 Å². The number of morpholine rings is 1. The van der Waals surface area contributed by atoms with Crippen LogP contribution < -0.4 is 5.43 Å². The maximum Gasteiger partial charge on any atom is 0.195 e. The van der Waals surface area contributed by atoms with Gasteiger partial charge >= 0.3 is 0 Å². The summed E-state index contributed by atoms with van der Waals surface area (Å²) in [5, 5.41) is 10.6. The summed E-state index contributed by atoms with van der Waals surface area (Å²) >= 11 is 0. The first-order valence-electron chi connectivity index (χ1n) is 6.70. The highest BCUT2D eigenvalue weighted by atomic mass is 35.5. The highest BCUT2D eigenvalue weighted by Gasteiger charge is 2.17. The molecule has 5 nitrogen and oxygen atoms in total. The Hall–Kier alpha value is -1.56. The molecule has 1 fully saturated rings. The molecule has 1 aliphatic heterocycles. The lowest BCUT2D eigenvalue weighted by atomic mass is 10.1. The smallest absolute Gasteiger partial charge is 0.195 e. The van der Waals surface area contributed by atoms with Gasteiger partial charge in [0.2, 0.25) is 0 Å². The van der Waals surface area contributed by atoms with Gasteiger partial charge in [0.15, 0.2) is 5.43 Å². The van der Waals surface area contributed by atoms with Gasteiger partial charge in [0.25, 0.3) is 0 Å². The minimum absolute atomic E-state index is 0. The molecule has 6 heteroatoms. The highest BCUT2D eigenvalue weighted by Crippen LogP contribution is 2.27. The highest BCUT2D eigenvalue weighted by molar-refractivity contribution is 5.85. The van der Waals surface area contributed by atoms with E-state index in [2.05, 4.69) is 4.90 Å². The fourth-order valence-electron chi connectivity index (χ4n) is 2.48. The molecule has 0 aliphatic carbocycles. The number of aromatic hydroxyl groups is 1. The van der Waals surface area contributed by atoms with Crippen molar-refractivity contribution in [1.29, 1.82) is 0 Å². The number of aryl methyl sites for hydroxylation is 1. The summed E-state index contributed by atoms with van der Waals surface area (Å²) in [6.45, 7) is 5.28. The van der Waals surface area contributed by atoms with Crippen molar-refractivity contribution in [3.8, 4) is 5.75 Å². The Morgan fingerprint density at radius 2 is 2.00 bits per heavy atom. The Kier molecular flexibility index (Phi) is 4.88. The minimum Gasteiger partial charge on any atom is -0.507 e. The van der Waals surface area contributed by atoms with E-state index in [-0.39, 0.29) is 23.6 Å².